The van der Waals surface area contributed by atoms with Crippen LogP contribution >= 0.6 is 0 Å². The molecule has 1 aromatic carbocycles. The second-order valence-corrected chi connectivity index (χ2v) is 6.98. The third-order valence-electron chi connectivity index (χ3n) is 5.14. The number of aliphatic imine (C=N–C) groups is 1. The van der Waals surface area contributed by atoms with E-state index >= 15 is 0 Å². The van der Waals surface area contributed by atoms with Crippen LogP contribution in [0.25, 0.3) is 6.08 Å². The van der Waals surface area contributed by atoms with Gasteiger partial charge in [0.25, 0.3) is 5.92 Å². The Morgan fingerprint density at radius 3 is 2.81 bits per heavy atom. The molecule has 138 valence electrons. The fourth-order valence-electron chi connectivity index (χ4n) is 3.53. The largest absolute Gasteiger partial charge is 0.285 e. The van der Waals surface area contributed by atoms with Crippen molar-refractivity contribution in [1.82, 2.24) is 0 Å². The molecule has 3 rings (SSSR count). The summed E-state index contributed by atoms with van der Waals surface area (Å²) in [6, 6.07) is 3.88. The van der Waals surface area contributed by atoms with Crippen molar-refractivity contribution in [2.45, 2.75) is 45.5 Å². The Kier molecular flexibility index (Phi) is 5.49. The fourth-order valence-corrected chi connectivity index (χ4v) is 3.53. The van der Waals surface area contributed by atoms with E-state index in [9.17, 15) is 13.2 Å². The second kappa shape index (κ2) is 7.65. The summed E-state index contributed by atoms with van der Waals surface area (Å²) in [5, 5.41) is 0. The van der Waals surface area contributed by atoms with Crippen LogP contribution in [-0.4, -0.2) is 12.3 Å². The Balaban J connectivity index is 1.87. The van der Waals surface area contributed by atoms with Gasteiger partial charge >= 0.3 is 0 Å². The summed E-state index contributed by atoms with van der Waals surface area (Å²) >= 11 is 0. The highest BCUT2D eigenvalue weighted by Crippen LogP contribution is 2.34. The van der Waals surface area contributed by atoms with Crippen molar-refractivity contribution >= 4 is 11.8 Å². The molecule has 0 amide bonds. The SMILES string of the molecule is CCC(F)(F)c1ccc(/C=C/C2=NCCCC3=C2C=CCC3C)cc1F. The molecule has 0 bridgehead atoms. The van der Waals surface area contributed by atoms with Gasteiger partial charge in [0.15, 0.2) is 0 Å². The smallest absolute Gasteiger partial charge is 0.275 e. The summed E-state index contributed by atoms with van der Waals surface area (Å²) in [5.74, 6) is -3.49. The van der Waals surface area contributed by atoms with Crippen LogP contribution in [0.4, 0.5) is 13.2 Å². The molecule has 2 aliphatic rings. The molecule has 0 saturated carbocycles. The van der Waals surface area contributed by atoms with Crippen molar-refractivity contribution < 1.29 is 13.2 Å². The first-order valence-electron chi connectivity index (χ1n) is 9.22. The topological polar surface area (TPSA) is 12.4 Å². The van der Waals surface area contributed by atoms with Gasteiger partial charge in [-0.3, -0.25) is 4.99 Å². The number of alkyl halides is 2. The first kappa shape index (κ1) is 18.7. The molecule has 26 heavy (non-hydrogen) atoms. The molecule has 0 fully saturated rings. The summed E-state index contributed by atoms with van der Waals surface area (Å²) in [4.78, 5) is 4.66. The number of nitrogens with zero attached hydrogens (tertiary/aromatic N) is 1. The standard InChI is InChI=1S/C22H24F3N/c1-3-22(24,25)19-11-9-16(14-20(19)23)10-12-21-18-7-4-6-15(2)17(18)8-5-13-26-21/h4,7,9-12,14-15H,3,5-6,8,13H2,1-2H3/b12-10+. The highest BCUT2D eigenvalue weighted by Gasteiger charge is 2.32. The molecule has 1 heterocycles. The van der Waals surface area contributed by atoms with Crippen LogP contribution in [0.2, 0.25) is 0 Å². The number of hydrogen-bond donors (Lipinski definition) is 0. The first-order chi connectivity index (χ1) is 12.4. The Hall–Kier alpha value is -2.10. The van der Waals surface area contributed by atoms with Crippen LogP contribution in [-0.2, 0) is 5.92 Å². The average molecular weight is 359 g/mol. The summed E-state index contributed by atoms with van der Waals surface area (Å²) < 4.78 is 41.6. The van der Waals surface area contributed by atoms with Crippen molar-refractivity contribution in [2.75, 3.05) is 6.54 Å². The lowest BCUT2D eigenvalue weighted by Gasteiger charge is -2.20. The first-order valence-corrected chi connectivity index (χ1v) is 9.22. The third kappa shape index (κ3) is 3.84. The van der Waals surface area contributed by atoms with Crippen LogP contribution in [0, 0.1) is 11.7 Å². The number of halogens is 3. The Labute approximate surface area is 153 Å². The van der Waals surface area contributed by atoms with Crippen molar-refractivity contribution in [3.63, 3.8) is 0 Å². The maximum Gasteiger partial charge on any atom is 0.275 e. The second-order valence-electron chi connectivity index (χ2n) is 6.98. The Bertz CT molecular complexity index is 800. The van der Waals surface area contributed by atoms with E-state index in [0.717, 1.165) is 37.1 Å². The van der Waals surface area contributed by atoms with Gasteiger partial charge in [-0.15, -0.1) is 0 Å². The molecule has 0 spiro atoms. The van der Waals surface area contributed by atoms with Crippen LogP contribution in [0.15, 0.2) is 52.6 Å². The van der Waals surface area contributed by atoms with Crippen LogP contribution in [0.1, 0.15) is 50.7 Å². The third-order valence-corrected chi connectivity index (χ3v) is 5.14. The molecule has 1 aliphatic carbocycles. The highest BCUT2D eigenvalue weighted by atomic mass is 19.3. The highest BCUT2D eigenvalue weighted by molar-refractivity contribution is 6.13. The quantitative estimate of drug-likeness (QED) is 0.584. The van der Waals surface area contributed by atoms with Gasteiger partial charge < -0.3 is 0 Å². The monoisotopic (exact) mass is 359 g/mol. The maximum atomic E-state index is 14.1. The molecule has 0 saturated heterocycles. The van der Waals surface area contributed by atoms with Crippen molar-refractivity contribution in [1.29, 1.82) is 0 Å². The molecular weight excluding hydrogens is 335 g/mol. The maximum absolute atomic E-state index is 14.1. The Morgan fingerprint density at radius 1 is 1.27 bits per heavy atom. The van der Waals surface area contributed by atoms with Gasteiger partial charge in [-0.2, -0.15) is 0 Å². The minimum absolute atomic E-state index is 0.419. The number of rotatable bonds is 4. The van der Waals surface area contributed by atoms with Gasteiger partial charge in [-0.05, 0) is 54.5 Å². The lowest BCUT2D eigenvalue weighted by molar-refractivity contribution is -0.0117. The van der Waals surface area contributed by atoms with E-state index in [1.165, 1.54) is 30.7 Å². The predicted molar refractivity (Wildman–Crippen MR) is 101 cm³/mol. The molecule has 1 aliphatic heterocycles. The number of hydrogen-bond acceptors (Lipinski definition) is 1. The van der Waals surface area contributed by atoms with Gasteiger partial charge in [0.05, 0.1) is 11.3 Å². The van der Waals surface area contributed by atoms with Gasteiger partial charge in [-0.1, -0.05) is 43.7 Å². The number of benzene rings is 1. The van der Waals surface area contributed by atoms with E-state index < -0.39 is 23.7 Å². The van der Waals surface area contributed by atoms with Crippen molar-refractivity contribution in [2.24, 2.45) is 10.9 Å². The zero-order valence-corrected chi connectivity index (χ0v) is 15.2. The summed E-state index contributed by atoms with van der Waals surface area (Å²) in [7, 11) is 0. The molecule has 1 atom stereocenters. The van der Waals surface area contributed by atoms with E-state index in [4.69, 9.17) is 0 Å². The van der Waals surface area contributed by atoms with E-state index in [1.807, 2.05) is 6.08 Å². The fraction of sp³-hybridized carbons (Fsp3) is 0.409. The molecule has 1 nitrogen and oxygen atoms in total. The summed E-state index contributed by atoms with van der Waals surface area (Å²) in [5.41, 5.74) is 3.49. The molecule has 0 aromatic heterocycles. The van der Waals surface area contributed by atoms with Crippen LogP contribution in [0.5, 0.6) is 0 Å². The lowest BCUT2D eigenvalue weighted by atomic mass is 9.84. The van der Waals surface area contributed by atoms with E-state index in [2.05, 4.69) is 24.1 Å². The zero-order valence-electron chi connectivity index (χ0n) is 15.2. The normalized spacial score (nSPS) is 21.0. The molecular formula is C22H24F3N. The average Bonchev–Trinajstić information content (AvgIpc) is 2.83. The number of allylic oxidation sites excluding steroid dienone is 5. The van der Waals surface area contributed by atoms with Gasteiger partial charge in [0.1, 0.15) is 5.82 Å². The van der Waals surface area contributed by atoms with E-state index in [1.54, 1.807) is 6.08 Å². The molecule has 0 radical (unpaired) electrons. The Morgan fingerprint density at radius 2 is 2.08 bits per heavy atom. The molecule has 4 heteroatoms. The minimum Gasteiger partial charge on any atom is -0.285 e. The predicted octanol–water partition coefficient (Wildman–Crippen LogP) is 6.47. The van der Waals surface area contributed by atoms with Gasteiger partial charge in [0, 0.05) is 13.0 Å². The minimum atomic E-state index is -3.14. The molecule has 0 N–H and O–H groups in total. The summed E-state index contributed by atoms with van der Waals surface area (Å²) in [6.45, 7) is 4.35. The van der Waals surface area contributed by atoms with E-state index in [-0.39, 0.29) is 0 Å². The zero-order chi connectivity index (χ0) is 18.7. The van der Waals surface area contributed by atoms with Crippen molar-refractivity contribution in [3.05, 3.63) is 64.5 Å². The van der Waals surface area contributed by atoms with Crippen LogP contribution in [0.3, 0.4) is 0 Å². The van der Waals surface area contributed by atoms with Crippen LogP contribution < -0.4 is 0 Å². The van der Waals surface area contributed by atoms with E-state index in [0.29, 0.717) is 11.5 Å². The summed E-state index contributed by atoms with van der Waals surface area (Å²) in [6.07, 6.45) is 10.6. The van der Waals surface area contributed by atoms with Gasteiger partial charge in [-0.25, -0.2) is 13.2 Å². The van der Waals surface area contributed by atoms with Crippen molar-refractivity contribution in [3.8, 4) is 0 Å². The molecule has 1 unspecified atom stereocenters. The van der Waals surface area contributed by atoms with Gasteiger partial charge in [0.2, 0.25) is 0 Å². The lowest BCUT2D eigenvalue weighted by Crippen LogP contribution is -2.13. The molecule has 1 aromatic rings.